The molecule has 138 valence electrons. The van der Waals surface area contributed by atoms with Crippen LogP contribution >= 0.6 is 24.0 Å². The summed E-state index contributed by atoms with van der Waals surface area (Å²) in [7, 11) is 1.83. The molecule has 0 bridgehead atoms. The third-order valence-electron chi connectivity index (χ3n) is 4.97. The van der Waals surface area contributed by atoms with Crippen molar-refractivity contribution in [2.75, 3.05) is 66.0 Å². The highest BCUT2D eigenvalue weighted by Gasteiger charge is 2.30. The van der Waals surface area contributed by atoms with Crippen LogP contribution in [-0.4, -0.2) is 98.7 Å². The van der Waals surface area contributed by atoms with Gasteiger partial charge in [0.25, 0.3) is 5.91 Å². The van der Waals surface area contributed by atoms with Crippen LogP contribution in [0.4, 0.5) is 0 Å². The van der Waals surface area contributed by atoms with E-state index in [-0.39, 0.29) is 36.0 Å². The summed E-state index contributed by atoms with van der Waals surface area (Å²) in [6, 6.07) is 0. The molecule has 0 saturated carbocycles. The number of amides is 1. The Morgan fingerprint density at radius 3 is 2.38 bits per heavy atom. The Morgan fingerprint density at radius 2 is 1.83 bits per heavy atom. The molecule has 1 N–H and O–H groups in total. The van der Waals surface area contributed by atoms with Gasteiger partial charge in [0.05, 0.1) is 0 Å². The molecule has 0 aromatic carbocycles. The SMILES string of the molecule is CN=C(NCCN1CCC1)N1CCN(C(=O)C2CCCO2)CC1.I. The Morgan fingerprint density at radius 1 is 1.12 bits per heavy atom. The molecule has 0 aromatic heterocycles. The van der Waals surface area contributed by atoms with E-state index in [2.05, 4.69) is 20.1 Å². The average Bonchev–Trinajstić information content (AvgIpc) is 3.07. The maximum Gasteiger partial charge on any atom is 0.251 e. The fourth-order valence-corrected chi connectivity index (χ4v) is 3.38. The fourth-order valence-electron chi connectivity index (χ4n) is 3.38. The number of carbonyl (C=O) groups is 1. The molecule has 24 heavy (non-hydrogen) atoms. The summed E-state index contributed by atoms with van der Waals surface area (Å²) < 4.78 is 5.51. The van der Waals surface area contributed by atoms with Crippen molar-refractivity contribution in [3.05, 3.63) is 0 Å². The van der Waals surface area contributed by atoms with E-state index < -0.39 is 0 Å². The molecule has 0 spiro atoms. The van der Waals surface area contributed by atoms with Crippen LogP contribution in [0.5, 0.6) is 0 Å². The number of ether oxygens (including phenoxy) is 1. The van der Waals surface area contributed by atoms with E-state index >= 15 is 0 Å². The Labute approximate surface area is 161 Å². The van der Waals surface area contributed by atoms with E-state index in [9.17, 15) is 4.79 Å². The Bertz CT molecular complexity index is 430. The van der Waals surface area contributed by atoms with Crippen LogP contribution in [0.25, 0.3) is 0 Å². The molecule has 3 fully saturated rings. The molecular weight excluding hydrogens is 421 g/mol. The number of rotatable bonds is 4. The Balaban J connectivity index is 0.00000208. The summed E-state index contributed by atoms with van der Waals surface area (Å²) in [5.41, 5.74) is 0. The van der Waals surface area contributed by atoms with E-state index in [0.717, 1.165) is 64.7 Å². The highest BCUT2D eigenvalue weighted by Crippen LogP contribution is 2.16. The van der Waals surface area contributed by atoms with Crippen LogP contribution < -0.4 is 5.32 Å². The average molecular weight is 451 g/mol. The minimum absolute atomic E-state index is 0. The minimum atomic E-state index is -0.199. The molecule has 3 rings (SSSR count). The topological polar surface area (TPSA) is 60.4 Å². The molecule has 3 saturated heterocycles. The van der Waals surface area contributed by atoms with Crippen molar-refractivity contribution in [3.8, 4) is 0 Å². The van der Waals surface area contributed by atoms with Gasteiger partial charge in [0.1, 0.15) is 6.10 Å². The molecule has 3 aliphatic rings. The maximum atomic E-state index is 12.4. The number of guanidine groups is 1. The van der Waals surface area contributed by atoms with Crippen molar-refractivity contribution in [1.82, 2.24) is 20.0 Å². The maximum absolute atomic E-state index is 12.4. The molecule has 0 radical (unpaired) electrons. The van der Waals surface area contributed by atoms with Crippen molar-refractivity contribution in [2.45, 2.75) is 25.4 Å². The van der Waals surface area contributed by atoms with Gasteiger partial charge in [-0.1, -0.05) is 0 Å². The predicted molar refractivity (Wildman–Crippen MR) is 105 cm³/mol. The van der Waals surface area contributed by atoms with Gasteiger partial charge in [-0.05, 0) is 32.4 Å². The van der Waals surface area contributed by atoms with Crippen molar-refractivity contribution < 1.29 is 9.53 Å². The molecule has 3 heterocycles. The van der Waals surface area contributed by atoms with E-state index in [1.807, 2.05) is 11.9 Å². The van der Waals surface area contributed by atoms with Gasteiger partial charge in [-0.15, -0.1) is 24.0 Å². The van der Waals surface area contributed by atoms with E-state index in [0.29, 0.717) is 0 Å². The summed E-state index contributed by atoms with van der Waals surface area (Å²) in [6.07, 6.45) is 3.01. The van der Waals surface area contributed by atoms with Crippen LogP contribution in [0.2, 0.25) is 0 Å². The second-order valence-corrected chi connectivity index (χ2v) is 6.48. The van der Waals surface area contributed by atoms with Crippen LogP contribution in [0.15, 0.2) is 4.99 Å². The number of nitrogens with zero attached hydrogens (tertiary/aromatic N) is 4. The summed E-state index contributed by atoms with van der Waals surface area (Å²) >= 11 is 0. The van der Waals surface area contributed by atoms with Crippen LogP contribution in [-0.2, 0) is 9.53 Å². The normalized spacial score (nSPS) is 25.2. The summed E-state index contributed by atoms with van der Waals surface area (Å²) in [5, 5.41) is 3.44. The standard InChI is InChI=1S/C16H29N5O2.HI/c1-17-16(18-5-8-19-6-3-7-19)21-11-9-20(10-12-21)15(22)14-4-2-13-23-14;/h14H,2-13H2,1H3,(H,17,18);1H. The van der Waals surface area contributed by atoms with E-state index in [1.54, 1.807) is 0 Å². The first kappa shape index (κ1) is 19.7. The number of aliphatic imine (C=N–C) groups is 1. The lowest BCUT2D eigenvalue weighted by Gasteiger charge is -2.37. The number of hydrogen-bond acceptors (Lipinski definition) is 4. The van der Waals surface area contributed by atoms with Gasteiger partial charge in [-0.2, -0.15) is 0 Å². The van der Waals surface area contributed by atoms with Crippen molar-refractivity contribution in [2.24, 2.45) is 4.99 Å². The molecular formula is C16H30IN5O2. The molecule has 7 nitrogen and oxygen atoms in total. The monoisotopic (exact) mass is 451 g/mol. The van der Waals surface area contributed by atoms with E-state index in [1.165, 1.54) is 19.5 Å². The van der Waals surface area contributed by atoms with Crippen LogP contribution in [0.3, 0.4) is 0 Å². The zero-order chi connectivity index (χ0) is 16.1. The smallest absolute Gasteiger partial charge is 0.251 e. The number of likely N-dealkylation sites (tertiary alicyclic amines) is 1. The third kappa shape index (κ3) is 4.95. The third-order valence-corrected chi connectivity index (χ3v) is 4.97. The zero-order valence-corrected chi connectivity index (χ0v) is 16.9. The zero-order valence-electron chi connectivity index (χ0n) is 14.6. The molecule has 8 heteroatoms. The minimum Gasteiger partial charge on any atom is -0.368 e. The lowest BCUT2D eigenvalue weighted by molar-refractivity contribution is -0.142. The second kappa shape index (κ2) is 9.76. The molecule has 1 unspecified atom stereocenters. The number of nitrogens with one attached hydrogen (secondary N) is 1. The van der Waals surface area contributed by atoms with Gasteiger partial charge in [0, 0.05) is 52.9 Å². The van der Waals surface area contributed by atoms with Crippen molar-refractivity contribution in [1.29, 1.82) is 0 Å². The first-order valence-corrected chi connectivity index (χ1v) is 8.86. The van der Waals surface area contributed by atoms with Crippen LogP contribution in [0.1, 0.15) is 19.3 Å². The van der Waals surface area contributed by atoms with Gasteiger partial charge in [-0.25, -0.2) is 0 Å². The molecule has 0 aliphatic carbocycles. The Hall–Kier alpha value is -0.610. The largest absolute Gasteiger partial charge is 0.368 e. The summed E-state index contributed by atoms with van der Waals surface area (Å²) in [5.74, 6) is 1.12. The van der Waals surface area contributed by atoms with Crippen LogP contribution in [0, 0.1) is 0 Å². The van der Waals surface area contributed by atoms with Crippen molar-refractivity contribution in [3.63, 3.8) is 0 Å². The number of hydrogen-bond donors (Lipinski definition) is 1. The highest BCUT2D eigenvalue weighted by molar-refractivity contribution is 14.0. The number of piperazine rings is 1. The first-order valence-electron chi connectivity index (χ1n) is 8.86. The van der Waals surface area contributed by atoms with Gasteiger partial charge < -0.3 is 24.8 Å². The van der Waals surface area contributed by atoms with E-state index in [4.69, 9.17) is 4.74 Å². The fraction of sp³-hybridized carbons (Fsp3) is 0.875. The predicted octanol–water partition coefficient (Wildman–Crippen LogP) is 0.209. The number of carbonyl (C=O) groups excluding carboxylic acids is 1. The second-order valence-electron chi connectivity index (χ2n) is 6.48. The van der Waals surface area contributed by atoms with Gasteiger partial charge in [0.15, 0.2) is 5.96 Å². The number of halogens is 1. The molecule has 3 aliphatic heterocycles. The Kier molecular flexibility index (Phi) is 8.02. The van der Waals surface area contributed by atoms with Gasteiger partial charge >= 0.3 is 0 Å². The van der Waals surface area contributed by atoms with Gasteiger partial charge in [-0.3, -0.25) is 9.79 Å². The quantitative estimate of drug-likeness (QED) is 0.376. The lowest BCUT2D eigenvalue weighted by Crippen LogP contribution is -2.56. The highest BCUT2D eigenvalue weighted by atomic mass is 127. The molecule has 1 atom stereocenters. The first-order chi connectivity index (χ1) is 11.3. The lowest BCUT2D eigenvalue weighted by atomic mass is 10.2. The molecule has 1 amide bonds. The summed E-state index contributed by atoms with van der Waals surface area (Å²) in [4.78, 5) is 23.4. The van der Waals surface area contributed by atoms with Crippen molar-refractivity contribution >= 4 is 35.8 Å². The molecule has 0 aromatic rings. The summed E-state index contributed by atoms with van der Waals surface area (Å²) in [6.45, 7) is 8.37. The van der Waals surface area contributed by atoms with Gasteiger partial charge in [0.2, 0.25) is 0 Å².